The molecule has 0 aliphatic heterocycles. The van der Waals surface area contributed by atoms with Crippen molar-refractivity contribution in [3.63, 3.8) is 0 Å². The summed E-state index contributed by atoms with van der Waals surface area (Å²) in [6.45, 7) is 6.70. The number of hydrogen-bond acceptors (Lipinski definition) is 6. The van der Waals surface area contributed by atoms with Crippen molar-refractivity contribution in [3.8, 4) is 5.75 Å². The van der Waals surface area contributed by atoms with Gasteiger partial charge in [0.15, 0.2) is 11.4 Å². The van der Waals surface area contributed by atoms with Gasteiger partial charge in [-0.15, -0.1) is 3.89 Å². The number of halogens is 1. The van der Waals surface area contributed by atoms with E-state index in [-0.39, 0.29) is 11.9 Å². The van der Waals surface area contributed by atoms with E-state index in [2.05, 4.69) is 0 Å². The quantitative estimate of drug-likeness (QED) is 0.350. The molecule has 8 heteroatoms. The second kappa shape index (κ2) is 9.21. The summed E-state index contributed by atoms with van der Waals surface area (Å²) >= 11 is 0. The van der Waals surface area contributed by atoms with Crippen LogP contribution in [-0.2, 0) is 19.8 Å². The lowest BCUT2D eigenvalue weighted by Crippen LogP contribution is -2.40. The number of carbonyl (C=O) groups is 2. The van der Waals surface area contributed by atoms with Gasteiger partial charge < -0.3 is 9.47 Å². The van der Waals surface area contributed by atoms with Crippen molar-refractivity contribution in [2.45, 2.75) is 39.4 Å². The molecule has 0 radical (unpaired) electrons. The van der Waals surface area contributed by atoms with Crippen LogP contribution in [0.1, 0.15) is 49.2 Å². The Morgan fingerprint density at radius 1 is 0.967 bits per heavy atom. The van der Waals surface area contributed by atoms with E-state index in [4.69, 9.17) is 9.47 Å². The number of ketones is 1. The van der Waals surface area contributed by atoms with Crippen molar-refractivity contribution in [3.05, 3.63) is 70.6 Å². The van der Waals surface area contributed by atoms with Crippen molar-refractivity contribution in [2.75, 3.05) is 0 Å². The highest BCUT2D eigenvalue weighted by molar-refractivity contribution is 7.89. The van der Waals surface area contributed by atoms with E-state index >= 15 is 0 Å². The first kappa shape index (κ1) is 23.3. The third-order valence-electron chi connectivity index (χ3n) is 3.92. The number of ether oxygens (including phenoxy) is 2. The van der Waals surface area contributed by atoms with Gasteiger partial charge in [0.2, 0.25) is 0 Å². The van der Waals surface area contributed by atoms with Crippen LogP contribution in [0, 0.1) is 0 Å². The van der Waals surface area contributed by atoms with Gasteiger partial charge in [-0.3, -0.25) is 4.79 Å². The number of carbonyl (C=O) groups excluding carboxylic acids is 2. The van der Waals surface area contributed by atoms with Gasteiger partial charge in [0.1, 0.15) is 5.75 Å². The minimum atomic E-state index is -4.71. The zero-order valence-electron chi connectivity index (χ0n) is 17.1. The van der Waals surface area contributed by atoms with Crippen molar-refractivity contribution in [2.24, 2.45) is 0 Å². The van der Waals surface area contributed by atoms with E-state index in [0.29, 0.717) is 27.8 Å². The van der Waals surface area contributed by atoms with E-state index in [0.717, 1.165) is 6.08 Å². The summed E-state index contributed by atoms with van der Waals surface area (Å²) in [5.74, 6) is -0.341. The molecular formula is C22H23FO6S. The van der Waals surface area contributed by atoms with Crippen LogP contribution >= 0.6 is 0 Å². The average Bonchev–Trinajstić information content (AvgIpc) is 2.65. The predicted molar refractivity (Wildman–Crippen MR) is 111 cm³/mol. The molecule has 0 fully saturated rings. The summed E-state index contributed by atoms with van der Waals surface area (Å²) in [4.78, 5) is 24.7. The second-order valence-electron chi connectivity index (χ2n) is 7.32. The summed E-state index contributed by atoms with van der Waals surface area (Å²) < 4.78 is 44.5. The molecule has 0 saturated carbocycles. The molecule has 0 saturated heterocycles. The summed E-state index contributed by atoms with van der Waals surface area (Å²) in [6, 6.07) is 12.4. The minimum absolute atomic E-state index is 0.256. The van der Waals surface area contributed by atoms with Gasteiger partial charge in [-0.05, 0) is 63.6 Å². The van der Waals surface area contributed by atoms with Gasteiger partial charge in [-0.25, -0.2) is 4.79 Å². The molecule has 0 heterocycles. The highest BCUT2D eigenvalue weighted by atomic mass is 32.3. The van der Waals surface area contributed by atoms with E-state index in [1.807, 2.05) is 0 Å². The third kappa shape index (κ3) is 6.81. The lowest BCUT2D eigenvalue weighted by molar-refractivity contribution is -0.163. The van der Waals surface area contributed by atoms with Crippen molar-refractivity contribution in [1.82, 2.24) is 0 Å². The molecule has 0 atom stereocenters. The number of benzene rings is 2. The molecule has 0 spiro atoms. The SMILES string of the molecule is CC(C)OC(=O)C(C)(C)Oc1ccc(C(=O)c2ccc(C=CS(=O)(=O)F)cc2)cc1. The van der Waals surface area contributed by atoms with Crippen LogP contribution in [0.2, 0.25) is 0 Å². The fraction of sp³-hybridized carbons (Fsp3) is 0.273. The summed E-state index contributed by atoms with van der Waals surface area (Å²) in [7, 11) is -4.71. The number of esters is 1. The Bertz CT molecular complexity index is 1040. The van der Waals surface area contributed by atoms with Crippen LogP contribution in [0.25, 0.3) is 6.08 Å². The van der Waals surface area contributed by atoms with Crippen LogP contribution < -0.4 is 4.74 Å². The molecule has 0 bridgehead atoms. The van der Waals surface area contributed by atoms with Gasteiger partial charge in [-0.1, -0.05) is 24.3 Å². The van der Waals surface area contributed by atoms with Crippen LogP contribution in [0.4, 0.5) is 3.89 Å². The zero-order valence-corrected chi connectivity index (χ0v) is 17.9. The van der Waals surface area contributed by atoms with Crippen molar-refractivity contribution < 1.29 is 31.4 Å². The molecule has 0 amide bonds. The van der Waals surface area contributed by atoms with E-state index < -0.39 is 21.8 Å². The zero-order chi connectivity index (χ0) is 22.5. The third-order valence-corrected chi connectivity index (χ3v) is 4.38. The normalized spacial score (nSPS) is 12.2. The molecule has 0 aliphatic carbocycles. The Morgan fingerprint density at radius 3 is 1.93 bits per heavy atom. The van der Waals surface area contributed by atoms with E-state index in [1.165, 1.54) is 24.3 Å². The highest BCUT2D eigenvalue weighted by Crippen LogP contribution is 2.22. The largest absolute Gasteiger partial charge is 0.476 e. The standard InChI is InChI=1S/C22H23FO6S/c1-15(2)28-21(25)22(3,4)29-19-11-9-18(10-12-19)20(24)17-7-5-16(6-8-17)13-14-30(23,26)27/h5-15H,1-4H3. The smallest absolute Gasteiger partial charge is 0.350 e. The molecule has 0 aliphatic rings. The number of hydrogen-bond donors (Lipinski definition) is 0. The van der Waals surface area contributed by atoms with E-state index in [9.17, 15) is 21.9 Å². The molecule has 6 nitrogen and oxygen atoms in total. The Hall–Kier alpha value is -3.00. The summed E-state index contributed by atoms with van der Waals surface area (Å²) in [5, 5.41) is 0.445. The average molecular weight is 434 g/mol. The fourth-order valence-electron chi connectivity index (χ4n) is 2.44. The molecular weight excluding hydrogens is 411 g/mol. The fourth-order valence-corrected chi connectivity index (χ4v) is 2.76. The maximum absolute atomic E-state index is 12.6. The lowest BCUT2D eigenvalue weighted by atomic mass is 10.0. The summed E-state index contributed by atoms with van der Waals surface area (Å²) in [5.41, 5.74) is 0.0306. The van der Waals surface area contributed by atoms with Crippen LogP contribution in [0.15, 0.2) is 53.9 Å². The molecule has 0 unspecified atom stereocenters. The van der Waals surface area contributed by atoms with E-state index in [1.54, 1.807) is 52.0 Å². The first-order valence-electron chi connectivity index (χ1n) is 9.15. The Morgan fingerprint density at radius 2 is 1.47 bits per heavy atom. The van der Waals surface area contributed by atoms with Crippen LogP contribution in [0.5, 0.6) is 5.75 Å². The summed E-state index contributed by atoms with van der Waals surface area (Å²) in [6.07, 6.45) is 0.838. The Balaban J connectivity index is 2.10. The molecule has 2 rings (SSSR count). The maximum Gasteiger partial charge on any atom is 0.350 e. The van der Waals surface area contributed by atoms with Gasteiger partial charge in [0.25, 0.3) is 0 Å². The maximum atomic E-state index is 12.6. The first-order valence-corrected chi connectivity index (χ1v) is 10.6. The van der Waals surface area contributed by atoms with Gasteiger partial charge in [0.05, 0.1) is 11.5 Å². The Labute approximate surface area is 175 Å². The topological polar surface area (TPSA) is 86.7 Å². The number of rotatable bonds is 8. The Kier molecular flexibility index (Phi) is 7.15. The van der Waals surface area contributed by atoms with Crippen molar-refractivity contribution >= 4 is 28.1 Å². The van der Waals surface area contributed by atoms with Gasteiger partial charge in [0, 0.05) is 11.1 Å². The monoisotopic (exact) mass is 434 g/mol. The molecule has 0 aromatic heterocycles. The molecule has 2 aromatic rings. The predicted octanol–water partition coefficient (Wildman–Crippen LogP) is 4.30. The molecule has 30 heavy (non-hydrogen) atoms. The second-order valence-corrected chi connectivity index (χ2v) is 8.54. The minimum Gasteiger partial charge on any atom is -0.476 e. The molecule has 0 N–H and O–H groups in total. The van der Waals surface area contributed by atoms with Gasteiger partial charge >= 0.3 is 16.2 Å². The van der Waals surface area contributed by atoms with Gasteiger partial charge in [-0.2, -0.15) is 8.42 Å². The van der Waals surface area contributed by atoms with Crippen LogP contribution in [-0.4, -0.2) is 31.9 Å². The van der Waals surface area contributed by atoms with Crippen LogP contribution in [0.3, 0.4) is 0 Å². The first-order chi connectivity index (χ1) is 13.9. The molecule has 2 aromatic carbocycles. The van der Waals surface area contributed by atoms with Crippen molar-refractivity contribution in [1.29, 1.82) is 0 Å². The highest BCUT2D eigenvalue weighted by Gasteiger charge is 2.32. The molecule has 160 valence electrons. The lowest BCUT2D eigenvalue weighted by Gasteiger charge is -2.25.